The van der Waals surface area contributed by atoms with Crippen molar-refractivity contribution in [3.05, 3.63) is 10.1 Å². The fourth-order valence-electron chi connectivity index (χ4n) is 0. The second kappa shape index (κ2) is 10.7. The van der Waals surface area contributed by atoms with E-state index in [1.165, 1.54) is 0 Å². The molecular formula is HAg2CrNO7. The van der Waals surface area contributed by atoms with Gasteiger partial charge in [0, 0.05) is 0 Å². The Morgan fingerprint density at radius 3 is 1.18 bits per heavy atom. The average molecular weight is 395 g/mol. The molecule has 0 aromatic rings. The molecule has 76 valence electrons. The van der Waals surface area contributed by atoms with Gasteiger partial charge in [-0.2, -0.15) is 0 Å². The summed E-state index contributed by atoms with van der Waals surface area (Å²) in [5.41, 5.74) is 0. The Morgan fingerprint density at radius 2 is 1.18 bits per heavy atom. The predicted molar refractivity (Wildman–Crippen MR) is 10.2 cm³/mol. The van der Waals surface area contributed by atoms with Crippen LogP contribution in [0.25, 0.3) is 0 Å². The van der Waals surface area contributed by atoms with Crippen LogP contribution in [0.2, 0.25) is 0 Å². The Morgan fingerprint density at radius 1 is 1.18 bits per heavy atom. The number of nitrogens with zero attached hydrogens (tertiary/aromatic N) is 1. The van der Waals surface area contributed by atoms with E-state index in [0.717, 1.165) is 0 Å². The first-order valence-corrected chi connectivity index (χ1v) is 3.31. The van der Waals surface area contributed by atoms with Gasteiger partial charge in [-0.25, -0.2) is 0 Å². The Balaban J connectivity index is -0.0000000383. The van der Waals surface area contributed by atoms with Gasteiger partial charge in [0.15, 0.2) is 0 Å². The third-order valence-electron chi connectivity index (χ3n) is 0. The molecule has 0 saturated heterocycles. The van der Waals surface area contributed by atoms with Gasteiger partial charge in [-0.05, 0) is 0 Å². The number of rotatable bonds is 0. The van der Waals surface area contributed by atoms with Crippen molar-refractivity contribution in [2.45, 2.75) is 0 Å². The van der Waals surface area contributed by atoms with E-state index < -0.39 is 18.7 Å². The summed E-state index contributed by atoms with van der Waals surface area (Å²) in [5.74, 6) is 0. The molecule has 11 heavy (non-hydrogen) atoms. The van der Waals surface area contributed by atoms with E-state index in [4.69, 9.17) is 31.2 Å². The molecule has 0 aromatic carbocycles. The third kappa shape index (κ3) is 1520. The van der Waals surface area contributed by atoms with Gasteiger partial charge in [-0.15, -0.1) is 10.1 Å². The van der Waals surface area contributed by atoms with Crippen LogP contribution in [0.15, 0.2) is 0 Å². The topological polar surface area (TPSA) is 144 Å². The van der Waals surface area contributed by atoms with Gasteiger partial charge in [0.25, 0.3) is 5.09 Å². The van der Waals surface area contributed by atoms with Gasteiger partial charge in [0.2, 0.25) is 0 Å². The Labute approximate surface area is 94.1 Å². The van der Waals surface area contributed by atoms with Crippen LogP contribution in [0.4, 0.5) is 0 Å². The summed E-state index contributed by atoms with van der Waals surface area (Å²) in [6, 6.07) is 0. The minimum absolute atomic E-state index is 0. The summed E-state index contributed by atoms with van der Waals surface area (Å²) >= 11 is -5.75. The molecule has 0 aliphatic rings. The fourth-order valence-corrected chi connectivity index (χ4v) is 0. The van der Waals surface area contributed by atoms with Crippen molar-refractivity contribution < 1.29 is 84.6 Å². The Hall–Kier alpha value is 0.733. The molecule has 0 fully saturated rings. The SMILES string of the molecule is O=[N+]([O-])O.[Ag+].[Ag+].[O]=[Cr](=[O])([O-])[O-]. The normalized spacial score (nSPS) is 7.45. The maximum atomic E-state index is 8.59. The van der Waals surface area contributed by atoms with E-state index in [2.05, 4.69) is 0 Å². The molecule has 0 heterocycles. The van der Waals surface area contributed by atoms with E-state index >= 15 is 0 Å². The summed E-state index contributed by atoms with van der Waals surface area (Å²) in [4.78, 5) is 8.36. The summed E-state index contributed by atoms with van der Waals surface area (Å²) in [6.07, 6.45) is 0. The van der Waals surface area contributed by atoms with Crippen LogP contribution in [0.1, 0.15) is 0 Å². The zero-order chi connectivity index (χ0) is 8.08. The van der Waals surface area contributed by atoms with E-state index in [1.54, 1.807) is 0 Å². The number of hydrogen-bond acceptors (Lipinski definition) is 6. The quantitative estimate of drug-likeness (QED) is 0.262. The fraction of sp³-hybridized carbons (Fsp3) is 0. The van der Waals surface area contributed by atoms with Crippen LogP contribution >= 0.6 is 0 Å². The van der Waals surface area contributed by atoms with E-state index in [0.29, 0.717) is 0 Å². The summed E-state index contributed by atoms with van der Waals surface area (Å²) in [6.45, 7) is 0. The van der Waals surface area contributed by atoms with Crippen LogP contribution in [0.5, 0.6) is 0 Å². The standard InChI is InChI=1S/2Ag.Cr.HNO3.4O/c;;;2-1(3)4;;;;/h;;;(H,2,3,4);;;;/q2*+1;;;;;2*-1. The van der Waals surface area contributed by atoms with E-state index in [-0.39, 0.29) is 44.8 Å². The average Bonchev–Trinajstić information content (AvgIpc) is 1.19. The second-order valence-corrected chi connectivity index (χ2v) is 1.92. The molecule has 0 aromatic heterocycles. The van der Waals surface area contributed by atoms with Crippen LogP contribution in [-0.4, -0.2) is 10.3 Å². The van der Waals surface area contributed by atoms with Crippen LogP contribution < -0.4 is 8.32 Å². The predicted octanol–water partition coefficient (Wildman–Crippen LogP) is -2.97. The summed E-state index contributed by atoms with van der Waals surface area (Å²) in [7, 11) is 0. The third-order valence-corrected chi connectivity index (χ3v) is 0. The molecule has 0 radical (unpaired) electrons. The molecule has 11 heteroatoms. The van der Waals surface area contributed by atoms with Crippen LogP contribution in [-0.2, 0) is 66.0 Å². The zero-order valence-corrected chi connectivity index (χ0v) is 8.59. The van der Waals surface area contributed by atoms with Gasteiger partial charge in [-0.1, -0.05) is 0 Å². The minimum atomic E-state index is -5.75. The maximum absolute atomic E-state index is 8.59. The molecule has 0 amide bonds. The van der Waals surface area contributed by atoms with Gasteiger partial charge in [-0.3, -0.25) is 0 Å². The molecule has 1 N–H and O–H groups in total. The molecule has 0 saturated carbocycles. The van der Waals surface area contributed by atoms with Crippen molar-refractivity contribution in [1.29, 1.82) is 0 Å². The first-order valence-electron chi connectivity index (χ1n) is 1.23. The van der Waals surface area contributed by atoms with Crippen molar-refractivity contribution in [3.8, 4) is 0 Å². The van der Waals surface area contributed by atoms with Crippen LogP contribution in [0.3, 0.4) is 0 Å². The Bertz CT molecular complexity index is 159. The van der Waals surface area contributed by atoms with Gasteiger partial charge >= 0.3 is 74.3 Å². The van der Waals surface area contributed by atoms with Gasteiger partial charge in [0.05, 0.1) is 0 Å². The van der Waals surface area contributed by atoms with Crippen molar-refractivity contribution >= 4 is 0 Å². The molecule has 8 nitrogen and oxygen atoms in total. The van der Waals surface area contributed by atoms with Crippen molar-refractivity contribution in [1.82, 2.24) is 0 Å². The molecule has 0 spiro atoms. The molecule has 0 rings (SSSR count). The second-order valence-electron chi connectivity index (χ2n) is 0.646. The van der Waals surface area contributed by atoms with E-state index in [1.807, 2.05) is 0 Å². The van der Waals surface area contributed by atoms with E-state index in [9.17, 15) is 0 Å². The van der Waals surface area contributed by atoms with Crippen LogP contribution in [0, 0.1) is 10.1 Å². The zero-order valence-electron chi connectivity index (χ0n) is 4.36. The summed E-state index contributed by atoms with van der Waals surface area (Å²) < 4.78 is 34.4. The molecule has 0 bridgehead atoms. The molecule has 0 unspecified atom stereocenters. The van der Waals surface area contributed by atoms with Crippen molar-refractivity contribution in [2.24, 2.45) is 0 Å². The van der Waals surface area contributed by atoms with Crippen molar-refractivity contribution in [2.75, 3.05) is 0 Å². The molecular weight excluding hydrogens is 394 g/mol. The Kier molecular flexibility index (Phi) is 22.1. The first kappa shape index (κ1) is 22.6. The van der Waals surface area contributed by atoms with Crippen molar-refractivity contribution in [3.63, 3.8) is 0 Å². The van der Waals surface area contributed by atoms with Gasteiger partial charge < -0.3 is 5.21 Å². The molecule has 0 atom stereocenters. The summed E-state index contributed by atoms with van der Waals surface area (Å²) in [5, 5.41) is 13.6. The molecule has 0 aliphatic carbocycles. The first-order chi connectivity index (χ1) is 3.73. The number of hydrogen-bond donors (Lipinski definition) is 1. The van der Waals surface area contributed by atoms with Gasteiger partial charge in [0.1, 0.15) is 0 Å². The monoisotopic (exact) mass is 393 g/mol. The molecule has 0 aliphatic heterocycles.